The van der Waals surface area contributed by atoms with Crippen molar-refractivity contribution in [1.29, 1.82) is 0 Å². The van der Waals surface area contributed by atoms with E-state index in [4.69, 9.17) is 16.7 Å². The van der Waals surface area contributed by atoms with E-state index in [1.54, 1.807) is 6.07 Å². The van der Waals surface area contributed by atoms with Crippen LogP contribution >= 0.6 is 34.2 Å². The zero-order valence-corrected chi connectivity index (χ0v) is 13.5. The van der Waals surface area contributed by atoms with E-state index < -0.39 is 0 Å². The smallest absolute Gasteiger partial charge is 0.254 e. The Morgan fingerprint density at radius 2 is 2.21 bits per heavy atom. The Bertz CT molecular complexity index is 463. The van der Waals surface area contributed by atoms with Gasteiger partial charge in [0.25, 0.3) is 5.91 Å². The van der Waals surface area contributed by atoms with Crippen LogP contribution < -0.4 is 0 Å². The van der Waals surface area contributed by atoms with Gasteiger partial charge in [0.2, 0.25) is 0 Å². The van der Waals surface area contributed by atoms with Crippen molar-refractivity contribution in [2.75, 3.05) is 13.2 Å². The molecule has 1 aliphatic rings. The third-order valence-electron chi connectivity index (χ3n) is 3.50. The van der Waals surface area contributed by atoms with Crippen molar-refractivity contribution in [1.82, 2.24) is 4.90 Å². The molecule has 104 valence electrons. The van der Waals surface area contributed by atoms with E-state index in [1.165, 1.54) is 6.42 Å². The second-order valence-corrected chi connectivity index (χ2v) is 6.36. The average Bonchev–Trinajstić information content (AvgIpc) is 2.34. The summed E-state index contributed by atoms with van der Waals surface area (Å²) in [6.45, 7) is 0.730. The summed E-state index contributed by atoms with van der Waals surface area (Å²) in [6, 6.07) is 5.75. The first kappa shape index (κ1) is 15.1. The maximum Gasteiger partial charge on any atom is 0.254 e. The number of amides is 1. The van der Waals surface area contributed by atoms with E-state index in [0.717, 1.165) is 16.4 Å². The van der Waals surface area contributed by atoms with Gasteiger partial charge in [0, 0.05) is 28.3 Å². The van der Waals surface area contributed by atoms with Crippen LogP contribution in [0.1, 0.15) is 36.0 Å². The average molecular weight is 394 g/mol. The van der Waals surface area contributed by atoms with Crippen molar-refractivity contribution in [3.05, 3.63) is 32.4 Å². The summed E-state index contributed by atoms with van der Waals surface area (Å²) >= 11 is 8.22. The maximum absolute atomic E-state index is 12.5. The van der Waals surface area contributed by atoms with Gasteiger partial charge < -0.3 is 10.0 Å². The molecule has 0 spiro atoms. The molecule has 0 radical (unpaired) electrons. The standard InChI is InChI=1S/C14H17ClINO2/c15-12-9-10(5-6-13(12)16)14(19)17(7-2-8-18)11-3-1-4-11/h5-6,9,11,18H,1-4,7-8H2. The van der Waals surface area contributed by atoms with Gasteiger partial charge in [-0.15, -0.1) is 0 Å². The SMILES string of the molecule is O=C(c1ccc(I)c(Cl)c1)N(CCCO)C1CCC1. The van der Waals surface area contributed by atoms with Crippen LogP contribution in [0.3, 0.4) is 0 Å². The highest BCUT2D eigenvalue weighted by atomic mass is 127. The van der Waals surface area contributed by atoms with Gasteiger partial charge in [0.1, 0.15) is 0 Å². The normalized spacial score (nSPS) is 15.1. The molecule has 1 saturated carbocycles. The molecule has 0 aliphatic heterocycles. The van der Waals surface area contributed by atoms with Crippen LogP contribution in [-0.4, -0.2) is 35.1 Å². The minimum Gasteiger partial charge on any atom is -0.396 e. The predicted molar refractivity (Wildman–Crippen MR) is 84.5 cm³/mol. The van der Waals surface area contributed by atoms with Gasteiger partial charge in [-0.3, -0.25) is 4.79 Å². The van der Waals surface area contributed by atoms with Crippen molar-refractivity contribution in [3.63, 3.8) is 0 Å². The molecule has 0 aromatic heterocycles. The fourth-order valence-corrected chi connectivity index (χ4v) is 2.70. The molecule has 1 fully saturated rings. The van der Waals surface area contributed by atoms with Gasteiger partial charge in [-0.25, -0.2) is 0 Å². The number of nitrogens with zero attached hydrogens (tertiary/aromatic N) is 1. The number of carbonyl (C=O) groups is 1. The number of hydrogen-bond donors (Lipinski definition) is 1. The quantitative estimate of drug-likeness (QED) is 0.780. The zero-order valence-electron chi connectivity index (χ0n) is 10.6. The zero-order chi connectivity index (χ0) is 13.8. The maximum atomic E-state index is 12.5. The lowest BCUT2D eigenvalue weighted by Crippen LogP contribution is -2.45. The van der Waals surface area contributed by atoms with Gasteiger partial charge in [0.15, 0.2) is 0 Å². The number of halogens is 2. The summed E-state index contributed by atoms with van der Waals surface area (Å²) in [7, 11) is 0. The lowest BCUT2D eigenvalue weighted by molar-refractivity contribution is 0.0562. The molecule has 1 aromatic rings. The third kappa shape index (κ3) is 3.61. The minimum absolute atomic E-state index is 0.0245. The summed E-state index contributed by atoms with van der Waals surface area (Å²) in [6.07, 6.45) is 3.94. The van der Waals surface area contributed by atoms with E-state index in [2.05, 4.69) is 22.6 Å². The van der Waals surface area contributed by atoms with Crippen LogP contribution in [0.4, 0.5) is 0 Å². The molecule has 0 heterocycles. The lowest BCUT2D eigenvalue weighted by Gasteiger charge is -2.37. The molecule has 1 amide bonds. The fourth-order valence-electron chi connectivity index (χ4n) is 2.18. The molecule has 19 heavy (non-hydrogen) atoms. The van der Waals surface area contributed by atoms with Crippen LogP contribution in [0.25, 0.3) is 0 Å². The van der Waals surface area contributed by atoms with Gasteiger partial charge in [-0.2, -0.15) is 0 Å². The Balaban J connectivity index is 2.15. The van der Waals surface area contributed by atoms with E-state index in [0.29, 0.717) is 29.6 Å². The van der Waals surface area contributed by atoms with Gasteiger partial charge in [-0.1, -0.05) is 11.6 Å². The molecule has 0 bridgehead atoms. The first-order valence-corrected chi connectivity index (χ1v) is 7.96. The van der Waals surface area contributed by atoms with E-state index in [-0.39, 0.29) is 12.5 Å². The van der Waals surface area contributed by atoms with Crippen LogP contribution in [0.2, 0.25) is 5.02 Å². The van der Waals surface area contributed by atoms with Crippen molar-refractivity contribution in [2.45, 2.75) is 31.7 Å². The highest BCUT2D eigenvalue weighted by molar-refractivity contribution is 14.1. The van der Waals surface area contributed by atoms with Crippen LogP contribution in [0.5, 0.6) is 0 Å². The monoisotopic (exact) mass is 393 g/mol. The second kappa shape index (κ2) is 6.90. The van der Waals surface area contributed by atoms with Crippen LogP contribution in [0.15, 0.2) is 18.2 Å². The molecule has 1 N–H and O–H groups in total. The van der Waals surface area contributed by atoms with Crippen molar-refractivity contribution < 1.29 is 9.90 Å². The predicted octanol–water partition coefficient (Wildman–Crippen LogP) is 3.32. The molecule has 0 saturated heterocycles. The molecule has 1 aromatic carbocycles. The number of carbonyl (C=O) groups excluding carboxylic acids is 1. The highest BCUT2D eigenvalue weighted by Gasteiger charge is 2.29. The topological polar surface area (TPSA) is 40.5 Å². The summed E-state index contributed by atoms with van der Waals surface area (Å²) < 4.78 is 0.946. The van der Waals surface area contributed by atoms with E-state index >= 15 is 0 Å². The number of rotatable bonds is 5. The van der Waals surface area contributed by atoms with Gasteiger partial charge >= 0.3 is 0 Å². The van der Waals surface area contributed by atoms with Crippen LogP contribution in [-0.2, 0) is 0 Å². The summed E-state index contributed by atoms with van der Waals surface area (Å²) in [4.78, 5) is 14.4. The Morgan fingerprint density at radius 1 is 1.47 bits per heavy atom. The molecule has 5 heteroatoms. The molecule has 0 unspecified atom stereocenters. The number of hydrogen-bond acceptors (Lipinski definition) is 2. The summed E-state index contributed by atoms with van der Waals surface area (Å²) in [5, 5.41) is 9.57. The van der Waals surface area contributed by atoms with Crippen molar-refractivity contribution >= 4 is 40.1 Å². The Morgan fingerprint density at radius 3 is 2.74 bits per heavy atom. The highest BCUT2D eigenvalue weighted by Crippen LogP contribution is 2.27. The number of benzene rings is 1. The van der Waals surface area contributed by atoms with E-state index in [1.807, 2.05) is 17.0 Å². The van der Waals surface area contributed by atoms with Gasteiger partial charge in [-0.05, 0) is 66.5 Å². The Kier molecular flexibility index (Phi) is 5.47. The molecule has 0 atom stereocenters. The molecule has 3 nitrogen and oxygen atoms in total. The summed E-state index contributed by atoms with van der Waals surface area (Å²) in [5.41, 5.74) is 0.634. The molecule has 1 aliphatic carbocycles. The first-order chi connectivity index (χ1) is 9.13. The molecular weight excluding hydrogens is 377 g/mol. The number of aliphatic hydroxyl groups is 1. The van der Waals surface area contributed by atoms with Crippen molar-refractivity contribution in [2.24, 2.45) is 0 Å². The minimum atomic E-state index is 0.0245. The second-order valence-electron chi connectivity index (χ2n) is 4.79. The third-order valence-corrected chi connectivity index (χ3v) is 5.07. The largest absolute Gasteiger partial charge is 0.396 e. The Labute approximate surface area is 132 Å². The lowest BCUT2D eigenvalue weighted by atomic mass is 9.91. The van der Waals surface area contributed by atoms with Crippen LogP contribution in [0, 0.1) is 3.57 Å². The first-order valence-electron chi connectivity index (χ1n) is 6.50. The molecular formula is C14H17ClINO2. The van der Waals surface area contributed by atoms with E-state index in [9.17, 15) is 4.79 Å². The van der Waals surface area contributed by atoms with Crippen molar-refractivity contribution in [3.8, 4) is 0 Å². The van der Waals surface area contributed by atoms with Gasteiger partial charge in [0.05, 0.1) is 5.02 Å². The number of aliphatic hydroxyl groups excluding tert-OH is 1. The fraction of sp³-hybridized carbons (Fsp3) is 0.500. The summed E-state index contributed by atoms with van der Waals surface area (Å²) in [5.74, 6) is 0.0245. The molecule has 2 rings (SSSR count). The Hall–Kier alpha value is -0.330.